The fraction of sp³-hybridized carbons (Fsp3) is 1.00. The quantitative estimate of drug-likeness (QED) is 0.582. The van der Waals surface area contributed by atoms with Crippen molar-refractivity contribution in [1.29, 1.82) is 0 Å². The minimum atomic E-state index is 1.50. The van der Waals surface area contributed by atoms with E-state index in [2.05, 4.69) is 0 Å². The maximum atomic E-state index is 1.50. The molecule has 104 valence electrons. The van der Waals surface area contributed by atoms with Crippen molar-refractivity contribution in [2.24, 2.45) is 0 Å². The van der Waals surface area contributed by atoms with Gasteiger partial charge in [-0.3, -0.25) is 0 Å². The highest BCUT2D eigenvalue weighted by atomic mass is 15.5. The Morgan fingerprint density at radius 1 is 0.278 bits per heavy atom. The largest absolute Gasteiger partial charge is 0.314 e. The zero-order chi connectivity index (χ0) is 12.3. The SMILES string of the molecule is C1CCC[N+]2(CCC1)CC[N+]1(CCCCC1)CC2. The smallest absolute Gasteiger partial charge is 0.129 e. The molecule has 0 atom stereocenters. The summed E-state index contributed by atoms with van der Waals surface area (Å²) in [6.07, 6.45) is 12.0. The highest BCUT2D eigenvalue weighted by molar-refractivity contribution is 4.62. The van der Waals surface area contributed by atoms with Gasteiger partial charge in [-0.1, -0.05) is 6.42 Å². The predicted octanol–water partition coefficient (Wildman–Crippen LogP) is 2.78. The van der Waals surface area contributed by atoms with Crippen molar-refractivity contribution in [3.05, 3.63) is 0 Å². The molecule has 3 aliphatic rings. The van der Waals surface area contributed by atoms with Crippen molar-refractivity contribution < 1.29 is 8.97 Å². The van der Waals surface area contributed by atoms with E-state index in [1.807, 2.05) is 0 Å². The molecule has 3 rings (SSSR count). The zero-order valence-electron chi connectivity index (χ0n) is 12.2. The lowest BCUT2D eigenvalue weighted by Gasteiger charge is -2.51. The van der Waals surface area contributed by atoms with E-state index in [0.717, 1.165) is 0 Å². The number of piperidine rings is 1. The normalized spacial score (nSPS) is 32.0. The monoisotopic (exact) mass is 252 g/mol. The first-order valence-corrected chi connectivity index (χ1v) is 8.53. The molecule has 3 aliphatic heterocycles. The van der Waals surface area contributed by atoms with Crippen LogP contribution in [0.3, 0.4) is 0 Å². The second-order valence-electron chi connectivity index (χ2n) is 7.30. The Morgan fingerprint density at radius 2 is 0.556 bits per heavy atom. The van der Waals surface area contributed by atoms with E-state index in [0.29, 0.717) is 0 Å². The molecular formula is C16H32N2+2. The molecule has 2 nitrogen and oxygen atoms in total. The summed E-state index contributed by atoms with van der Waals surface area (Å²) in [5.41, 5.74) is 0. The van der Waals surface area contributed by atoms with Crippen molar-refractivity contribution in [2.45, 2.75) is 51.4 Å². The van der Waals surface area contributed by atoms with E-state index >= 15 is 0 Å². The molecule has 18 heavy (non-hydrogen) atoms. The summed E-state index contributed by atoms with van der Waals surface area (Å²) in [5.74, 6) is 0. The third kappa shape index (κ3) is 2.75. The molecule has 0 aromatic carbocycles. The lowest BCUT2D eigenvalue weighted by molar-refractivity contribution is -1.03. The Labute approximate surface area is 113 Å². The minimum absolute atomic E-state index is 1.50. The van der Waals surface area contributed by atoms with Crippen LogP contribution in [0.25, 0.3) is 0 Å². The van der Waals surface area contributed by atoms with Gasteiger partial charge in [0.15, 0.2) is 0 Å². The molecule has 3 fully saturated rings. The maximum absolute atomic E-state index is 1.50. The third-order valence-corrected chi connectivity index (χ3v) is 6.13. The molecule has 0 unspecified atom stereocenters. The van der Waals surface area contributed by atoms with Crippen LogP contribution in [0, 0.1) is 0 Å². The summed E-state index contributed by atoms with van der Waals surface area (Å²) in [7, 11) is 0. The highest BCUT2D eigenvalue weighted by Crippen LogP contribution is 2.27. The number of quaternary nitrogens is 2. The topological polar surface area (TPSA) is 0 Å². The maximum Gasteiger partial charge on any atom is 0.129 e. The van der Waals surface area contributed by atoms with Crippen LogP contribution >= 0.6 is 0 Å². The van der Waals surface area contributed by atoms with Gasteiger partial charge in [-0.05, 0) is 44.9 Å². The first-order valence-electron chi connectivity index (χ1n) is 8.53. The Balaban J connectivity index is 1.60. The molecule has 0 aliphatic carbocycles. The summed E-state index contributed by atoms with van der Waals surface area (Å²) in [6.45, 7) is 12.0. The van der Waals surface area contributed by atoms with Crippen molar-refractivity contribution in [1.82, 2.24) is 0 Å². The van der Waals surface area contributed by atoms with Gasteiger partial charge in [-0.25, -0.2) is 0 Å². The van der Waals surface area contributed by atoms with Gasteiger partial charge in [0.05, 0.1) is 26.2 Å². The van der Waals surface area contributed by atoms with Gasteiger partial charge >= 0.3 is 0 Å². The lowest BCUT2D eigenvalue weighted by Crippen LogP contribution is -2.68. The van der Waals surface area contributed by atoms with Gasteiger partial charge in [0.25, 0.3) is 0 Å². The van der Waals surface area contributed by atoms with E-state index in [1.54, 1.807) is 0 Å². The molecule has 0 radical (unpaired) electrons. The minimum Gasteiger partial charge on any atom is -0.314 e. The van der Waals surface area contributed by atoms with Crippen LogP contribution in [-0.4, -0.2) is 61.3 Å². The Kier molecular flexibility index (Phi) is 3.95. The van der Waals surface area contributed by atoms with Crippen molar-refractivity contribution >= 4 is 0 Å². The van der Waals surface area contributed by atoms with E-state index in [-0.39, 0.29) is 0 Å². The van der Waals surface area contributed by atoms with Gasteiger partial charge in [-0.2, -0.15) is 0 Å². The zero-order valence-corrected chi connectivity index (χ0v) is 12.2. The molecule has 0 aromatic heterocycles. The Hall–Kier alpha value is -0.0800. The van der Waals surface area contributed by atoms with Crippen molar-refractivity contribution in [3.8, 4) is 0 Å². The number of rotatable bonds is 0. The van der Waals surface area contributed by atoms with E-state index < -0.39 is 0 Å². The molecule has 3 saturated heterocycles. The fourth-order valence-electron chi connectivity index (χ4n) is 4.69. The van der Waals surface area contributed by atoms with E-state index in [4.69, 9.17) is 0 Å². The fourth-order valence-corrected chi connectivity index (χ4v) is 4.69. The average molecular weight is 252 g/mol. The molecule has 0 aromatic rings. The van der Waals surface area contributed by atoms with Crippen LogP contribution in [0.1, 0.15) is 51.4 Å². The first-order chi connectivity index (χ1) is 8.83. The van der Waals surface area contributed by atoms with Crippen LogP contribution in [0.5, 0.6) is 0 Å². The van der Waals surface area contributed by atoms with Gasteiger partial charge in [0, 0.05) is 0 Å². The summed E-state index contributed by atoms with van der Waals surface area (Å²) in [4.78, 5) is 0. The molecule has 0 saturated carbocycles. The molecule has 0 N–H and O–H groups in total. The summed E-state index contributed by atoms with van der Waals surface area (Å²) < 4.78 is 3.00. The molecule has 2 heteroatoms. The number of piperazine rings is 1. The van der Waals surface area contributed by atoms with Crippen LogP contribution < -0.4 is 0 Å². The molecule has 2 spiro atoms. The van der Waals surface area contributed by atoms with Gasteiger partial charge in [0.2, 0.25) is 0 Å². The Bertz CT molecular complexity index is 248. The standard InChI is InChI=1S/C16H32N2/c1-2-5-9-17(10-6-3-1)13-15-18(16-14-17)11-7-4-8-12-18/h1-16H2/q+2. The van der Waals surface area contributed by atoms with Crippen LogP contribution in [0.15, 0.2) is 0 Å². The number of hydrogen-bond donors (Lipinski definition) is 0. The molecule has 0 bridgehead atoms. The van der Waals surface area contributed by atoms with Crippen LogP contribution in [-0.2, 0) is 0 Å². The van der Waals surface area contributed by atoms with Crippen LogP contribution in [0.2, 0.25) is 0 Å². The first kappa shape index (κ1) is 12.9. The van der Waals surface area contributed by atoms with Gasteiger partial charge < -0.3 is 8.97 Å². The molecule has 3 heterocycles. The highest BCUT2D eigenvalue weighted by Gasteiger charge is 2.42. The lowest BCUT2D eigenvalue weighted by atomic mass is 10.0. The molecule has 0 amide bonds. The van der Waals surface area contributed by atoms with E-state index in [9.17, 15) is 0 Å². The third-order valence-electron chi connectivity index (χ3n) is 6.13. The number of nitrogens with zero attached hydrogens (tertiary/aromatic N) is 2. The second-order valence-corrected chi connectivity index (χ2v) is 7.30. The van der Waals surface area contributed by atoms with Crippen molar-refractivity contribution in [2.75, 3.05) is 52.4 Å². The number of hydrogen-bond acceptors (Lipinski definition) is 0. The molecular weight excluding hydrogens is 220 g/mol. The van der Waals surface area contributed by atoms with Gasteiger partial charge in [0.1, 0.15) is 26.2 Å². The Morgan fingerprint density at radius 3 is 0.944 bits per heavy atom. The second kappa shape index (κ2) is 5.50. The summed E-state index contributed by atoms with van der Waals surface area (Å²) >= 11 is 0. The average Bonchev–Trinajstić information content (AvgIpc) is 2.39. The predicted molar refractivity (Wildman–Crippen MR) is 76.4 cm³/mol. The van der Waals surface area contributed by atoms with Crippen LogP contribution in [0.4, 0.5) is 0 Å². The summed E-state index contributed by atoms with van der Waals surface area (Å²) in [6, 6.07) is 0. The van der Waals surface area contributed by atoms with E-state index in [1.165, 1.54) is 113 Å². The van der Waals surface area contributed by atoms with Gasteiger partial charge in [-0.15, -0.1) is 0 Å². The van der Waals surface area contributed by atoms with Crippen molar-refractivity contribution in [3.63, 3.8) is 0 Å². The summed E-state index contributed by atoms with van der Waals surface area (Å²) in [5, 5.41) is 0.